The first kappa shape index (κ1) is 13.4. The van der Waals surface area contributed by atoms with Crippen LogP contribution < -0.4 is 0 Å². The molecule has 0 aliphatic carbocycles. The van der Waals surface area contributed by atoms with Crippen molar-refractivity contribution in [2.24, 2.45) is 0 Å². The molecule has 0 N–H and O–H groups in total. The first-order valence-corrected chi connectivity index (χ1v) is 7.49. The quantitative estimate of drug-likeness (QED) is 0.513. The van der Waals surface area contributed by atoms with Gasteiger partial charge < -0.3 is 0 Å². The van der Waals surface area contributed by atoms with Gasteiger partial charge in [-0.1, -0.05) is 42.1 Å². The Labute approximate surface area is 118 Å². The number of hydrogen-bond acceptors (Lipinski definition) is 4. The SMILES string of the molecule is Cc1ccnc(SCC(CS)c2ccccc2)n1. The van der Waals surface area contributed by atoms with Gasteiger partial charge >= 0.3 is 0 Å². The van der Waals surface area contributed by atoms with Gasteiger partial charge in [-0.15, -0.1) is 0 Å². The fourth-order valence-electron chi connectivity index (χ4n) is 1.65. The molecule has 0 radical (unpaired) electrons. The number of aromatic nitrogens is 2. The standard InChI is InChI=1S/C14H16N2S2/c1-11-7-8-15-14(16-11)18-10-13(9-17)12-5-3-2-4-6-12/h2-8,13,17H,9-10H2,1H3. The molecule has 0 amide bonds. The average molecular weight is 276 g/mol. The third-order valence-corrected chi connectivity index (χ3v) is 4.14. The van der Waals surface area contributed by atoms with E-state index >= 15 is 0 Å². The molecular weight excluding hydrogens is 260 g/mol. The van der Waals surface area contributed by atoms with Gasteiger partial charge in [-0.25, -0.2) is 9.97 Å². The zero-order chi connectivity index (χ0) is 12.8. The topological polar surface area (TPSA) is 25.8 Å². The molecule has 0 fully saturated rings. The van der Waals surface area contributed by atoms with Crippen molar-refractivity contribution in [1.82, 2.24) is 9.97 Å². The van der Waals surface area contributed by atoms with Gasteiger partial charge in [0.15, 0.2) is 5.16 Å². The average Bonchev–Trinajstić information content (AvgIpc) is 2.41. The molecule has 0 aliphatic heterocycles. The molecule has 1 aromatic carbocycles. The van der Waals surface area contributed by atoms with Gasteiger partial charge in [0.25, 0.3) is 0 Å². The summed E-state index contributed by atoms with van der Waals surface area (Å²) in [6.45, 7) is 1.99. The summed E-state index contributed by atoms with van der Waals surface area (Å²) in [5.74, 6) is 2.23. The summed E-state index contributed by atoms with van der Waals surface area (Å²) in [6, 6.07) is 12.4. The lowest BCUT2D eigenvalue weighted by molar-refractivity contribution is 0.882. The zero-order valence-corrected chi connectivity index (χ0v) is 12.0. The summed E-state index contributed by atoms with van der Waals surface area (Å²) in [5.41, 5.74) is 2.34. The van der Waals surface area contributed by atoms with E-state index in [0.717, 1.165) is 22.4 Å². The first-order valence-electron chi connectivity index (χ1n) is 5.88. The molecule has 0 bridgehead atoms. The fraction of sp³-hybridized carbons (Fsp3) is 0.286. The molecule has 2 nitrogen and oxygen atoms in total. The molecule has 0 saturated heterocycles. The maximum Gasteiger partial charge on any atom is 0.187 e. The number of thiol groups is 1. The Kier molecular flexibility index (Phi) is 5.08. The Bertz CT molecular complexity index is 488. The summed E-state index contributed by atoms with van der Waals surface area (Å²) in [5, 5.41) is 0.845. The maximum absolute atomic E-state index is 4.44. The second-order valence-corrected chi connectivity index (χ2v) is 5.43. The van der Waals surface area contributed by atoms with Gasteiger partial charge in [0.1, 0.15) is 0 Å². The van der Waals surface area contributed by atoms with Crippen molar-refractivity contribution in [2.75, 3.05) is 11.5 Å². The molecule has 1 heterocycles. The van der Waals surface area contributed by atoms with E-state index in [0.29, 0.717) is 5.92 Å². The van der Waals surface area contributed by atoms with Crippen molar-refractivity contribution in [2.45, 2.75) is 18.0 Å². The fourth-order valence-corrected chi connectivity index (χ4v) is 3.17. The van der Waals surface area contributed by atoms with Crippen LogP contribution in [0.25, 0.3) is 0 Å². The van der Waals surface area contributed by atoms with E-state index in [4.69, 9.17) is 0 Å². The van der Waals surface area contributed by atoms with Gasteiger partial charge in [0.05, 0.1) is 0 Å². The Hall–Kier alpha value is -1.00. The molecule has 2 rings (SSSR count). The Morgan fingerprint density at radius 2 is 2.00 bits per heavy atom. The van der Waals surface area contributed by atoms with Crippen LogP contribution in [-0.4, -0.2) is 21.5 Å². The number of nitrogens with zero attached hydrogens (tertiary/aromatic N) is 2. The third kappa shape index (κ3) is 3.75. The minimum Gasteiger partial charge on any atom is -0.231 e. The molecule has 18 heavy (non-hydrogen) atoms. The highest BCUT2D eigenvalue weighted by Crippen LogP contribution is 2.25. The molecular formula is C14H16N2S2. The summed E-state index contributed by atoms with van der Waals surface area (Å²) in [4.78, 5) is 8.67. The van der Waals surface area contributed by atoms with Crippen LogP contribution in [0.15, 0.2) is 47.8 Å². The Morgan fingerprint density at radius 1 is 1.22 bits per heavy atom. The smallest absolute Gasteiger partial charge is 0.187 e. The molecule has 94 valence electrons. The highest BCUT2D eigenvalue weighted by atomic mass is 32.2. The normalized spacial score (nSPS) is 12.3. The van der Waals surface area contributed by atoms with Crippen molar-refractivity contribution in [1.29, 1.82) is 0 Å². The molecule has 2 aromatic rings. The summed E-state index contributed by atoms with van der Waals surface area (Å²) in [7, 11) is 0. The highest BCUT2D eigenvalue weighted by molar-refractivity contribution is 7.99. The van der Waals surface area contributed by atoms with Crippen molar-refractivity contribution in [3.63, 3.8) is 0 Å². The van der Waals surface area contributed by atoms with Crippen LogP contribution >= 0.6 is 24.4 Å². The van der Waals surface area contributed by atoms with Crippen molar-refractivity contribution in [3.8, 4) is 0 Å². The van der Waals surface area contributed by atoms with Crippen LogP contribution in [0.3, 0.4) is 0 Å². The third-order valence-electron chi connectivity index (χ3n) is 2.68. The monoisotopic (exact) mass is 276 g/mol. The lowest BCUT2D eigenvalue weighted by atomic mass is 10.0. The Balaban J connectivity index is 2.00. The molecule has 0 saturated carbocycles. The van der Waals surface area contributed by atoms with Crippen LogP contribution in [0.1, 0.15) is 17.2 Å². The predicted molar refractivity (Wildman–Crippen MR) is 80.5 cm³/mol. The summed E-state index contributed by atoms with van der Waals surface area (Å²) < 4.78 is 0. The first-order chi connectivity index (χ1) is 8.79. The lowest BCUT2D eigenvalue weighted by Crippen LogP contribution is -2.04. The molecule has 0 spiro atoms. The number of thioether (sulfide) groups is 1. The minimum atomic E-state index is 0.434. The van der Waals surface area contributed by atoms with Gasteiger partial charge in [0, 0.05) is 23.6 Å². The second kappa shape index (κ2) is 6.81. The van der Waals surface area contributed by atoms with E-state index in [-0.39, 0.29) is 0 Å². The number of hydrogen-bond donors (Lipinski definition) is 1. The number of aryl methyl sites for hydroxylation is 1. The summed E-state index contributed by atoms with van der Waals surface area (Å²) >= 11 is 6.13. The molecule has 1 aromatic heterocycles. The molecule has 0 aliphatic rings. The van der Waals surface area contributed by atoms with E-state index in [1.165, 1.54) is 5.56 Å². The Morgan fingerprint density at radius 3 is 2.67 bits per heavy atom. The van der Waals surface area contributed by atoms with Gasteiger partial charge in [-0.2, -0.15) is 12.6 Å². The zero-order valence-electron chi connectivity index (χ0n) is 10.3. The predicted octanol–water partition coefficient (Wildman–Crippen LogP) is 3.59. The van der Waals surface area contributed by atoms with E-state index in [1.54, 1.807) is 11.8 Å². The van der Waals surface area contributed by atoms with Gasteiger partial charge in [0.2, 0.25) is 0 Å². The van der Waals surface area contributed by atoms with Gasteiger partial charge in [-0.3, -0.25) is 0 Å². The van der Waals surface area contributed by atoms with Gasteiger partial charge in [-0.05, 0) is 24.3 Å². The lowest BCUT2D eigenvalue weighted by Gasteiger charge is -2.13. The van der Waals surface area contributed by atoms with Crippen LogP contribution in [0.4, 0.5) is 0 Å². The van der Waals surface area contributed by atoms with Crippen LogP contribution in [0.2, 0.25) is 0 Å². The molecule has 1 unspecified atom stereocenters. The molecule has 4 heteroatoms. The van der Waals surface area contributed by atoms with Crippen LogP contribution in [0.5, 0.6) is 0 Å². The summed E-state index contributed by atoms with van der Waals surface area (Å²) in [6.07, 6.45) is 1.81. The van der Waals surface area contributed by atoms with Crippen molar-refractivity contribution < 1.29 is 0 Å². The largest absolute Gasteiger partial charge is 0.231 e. The minimum absolute atomic E-state index is 0.434. The van der Waals surface area contributed by atoms with E-state index in [9.17, 15) is 0 Å². The van der Waals surface area contributed by atoms with Crippen LogP contribution in [-0.2, 0) is 0 Å². The second-order valence-electron chi connectivity index (χ2n) is 4.08. The van der Waals surface area contributed by atoms with E-state index in [2.05, 4.69) is 46.9 Å². The van der Waals surface area contributed by atoms with Crippen molar-refractivity contribution in [3.05, 3.63) is 53.9 Å². The van der Waals surface area contributed by atoms with E-state index in [1.807, 2.05) is 25.3 Å². The van der Waals surface area contributed by atoms with E-state index < -0.39 is 0 Å². The number of benzene rings is 1. The van der Waals surface area contributed by atoms with Crippen molar-refractivity contribution >= 4 is 24.4 Å². The maximum atomic E-state index is 4.44. The highest BCUT2D eigenvalue weighted by Gasteiger charge is 2.10. The number of rotatable bonds is 5. The molecule has 1 atom stereocenters. The van der Waals surface area contributed by atoms with Crippen LogP contribution in [0, 0.1) is 6.92 Å².